The Morgan fingerprint density at radius 3 is 2.38 bits per heavy atom. The summed E-state index contributed by atoms with van der Waals surface area (Å²) < 4.78 is 6.06. The summed E-state index contributed by atoms with van der Waals surface area (Å²) in [4.78, 5) is 18.4. The van der Waals surface area contributed by atoms with E-state index >= 15 is 0 Å². The fourth-order valence-corrected chi connectivity index (χ4v) is 5.26. The first-order valence-corrected chi connectivity index (χ1v) is 12.2. The molecule has 3 N–H and O–H groups in total. The predicted molar refractivity (Wildman–Crippen MR) is 129 cm³/mol. The van der Waals surface area contributed by atoms with Crippen LogP contribution in [0.5, 0.6) is 5.75 Å². The molecule has 32 heavy (non-hydrogen) atoms. The van der Waals surface area contributed by atoms with Gasteiger partial charge in [-0.3, -0.25) is 4.90 Å². The summed E-state index contributed by atoms with van der Waals surface area (Å²) in [5.41, 5.74) is 9.50. The van der Waals surface area contributed by atoms with Gasteiger partial charge in [0.15, 0.2) is 0 Å². The molecule has 4 rings (SSSR count). The van der Waals surface area contributed by atoms with Crippen LogP contribution >= 0.6 is 0 Å². The molecular weight excluding hydrogens is 404 g/mol. The molecule has 1 saturated carbocycles. The Kier molecular flexibility index (Phi) is 6.48. The van der Waals surface area contributed by atoms with Gasteiger partial charge in [-0.1, -0.05) is 27.7 Å². The van der Waals surface area contributed by atoms with Crippen molar-refractivity contribution < 1.29 is 14.6 Å². The number of nitrogens with two attached hydrogens (primary N) is 1. The van der Waals surface area contributed by atoms with Gasteiger partial charge in [0.25, 0.3) is 0 Å². The number of rotatable bonds is 5. The Morgan fingerprint density at radius 2 is 1.81 bits per heavy atom. The molecule has 3 aliphatic rings. The van der Waals surface area contributed by atoms with Crippen LogP contribution in [-0.4, -0.2) is 71.9 Å². The molecule has 7 heteroatoms. The molecule has 1 aliphatic carbocycles. The maximum atomic E-state index is 11.8. The summed E-state index contributed by atoms with van der Waals surface area (Å²) in [7, 11) is 0. The van der Waals surface area contributed by atoms with E-state index in [1.165, 1.54) is 11.3 Å². The quantitative estimate of drug-likeness (QED) is 0.667. The molecule has 0 bridgehead atoms. The molecule has 1 atom stereocenters. The van der Waals surface area contributed by atoms with E-state index in [1.54, 1.807) is 4.90 Å². The summed E-state index contributed by atoms with van der Waals surface area (Å²) in [6, 6.07) is 4.79. The Balaban J connectivity index is 1.42. The molecular formula is C25H40N4O3. The van der Waals surface area contributed by atoms with Gasteiger partial charge in [-0.15, -0.1) is 0 Å². The highest BCUT2D eigenvalue weighted by atomic mass is 16.5. The van der Waals surface area contributed by atoms with Crippen molar-refractivity contribution in [3.63, 3.8) is 0 Å². The number of aryl methyl sites for hydroxylation is 1. The van der Waals surface area contributed by atoms with Crippen molar-refractivity contribution in [3.05, 3.63) is 17.7 Å². The second kappa shape index (κ2) is 9.00. The summed E-state index contributed by atoms with van der Waals surface area (Å²) in [6.45, 7) is 12.9. The van der Waals surface area contributed by atoms with Gasteiger partial charge in [-0.25, -0.2) is 4.79 Å². The first-order valence-electron chi connectivity index (χ1n) is 12.2. The van der Waals surface area contributed by atoms with Gasteiger partial charge < -0.3 is 25.4 Å². The average Bonchev–Trinajstić information content (AvgIpc) is 3.58. The van der Waals surface area contributed by atoms with E-state index in [9.17, 15) is 9.90 Å². The third kappa shape index (κ3) is 4.92. The Bertz CT molecular complexity index is 825. The number of amides is 1. The zero-order valence-corrected chi connectivity index (χ0v) is 20.1. The maximum Gasteiger partial charge on any atom is 0.407 e. The third-order valence-corrected chi connectivity index (χ3v) is 7.39. The van der Waals surface area contributed by atoms with Gasteiger partial charge in [0.2, 0.25) is 0 Å². The van der Waals surface area contributed by atoms with Crippen LogP contribution in [0, 0.1) is 5.41 Å². The second-order valence-corrected chi connectivity index (χ2v) is 10.8. The Hall–Kier alpha value is -2.15. The average molecular weight is 445 g/mol. The highest BCUT2D eigenvalue weighted by molar-refractivity contribution is 5.67. The molecule has 1 amide bonds. The van der Waals surface area contributed by atoms with Crippen LogP contribution in [0.25, 0.3) is 0 Å². The maximum absolute atomic E-state index is 11.8. The molecule has 0 spiro atoms. The van der Waals surface area contributed by atoms with Crippen molar-refractivity contribution in [1.82, 2.24) is 9.80 Å². The van der Waals surface area contributed by atoms with Crippen molar-refractivity contribution in [2.24, 2.45) is 5.41 Å². The van der Waals surface area contributed by atoms with Crippen LogP contribution in [0.4, 0.5) is 16.2 Å². The third-order valence-electron chi connectivity index (χ3n) is 7.39. The van der Waals surface area contributed by atoms with Crippen molar-refractivity contribution in [3.8, 4) is 5.75 Å². The van der Waals surface area contributed by atoms with E-state index in [1.807, 2.05) is 0 Å². The van der Waals surface area contributed by atoms with Gasteiger partial charge in [-0.05, 0) is 49.1 Å². The first kappa shape index (κ1) is 23.0. The number of benzene rings is 1. The molecule has 7 nitrogen and oxygen atoms in total. The van der Waals surface area contributed by atoms with E-state index in [-0.39, 0.29) is 11.5 Å². The van der Waals surface area contributed by atoms with Crippen molar-refractivity contribution in [1.29, 1.82) is 0 Å². The lowest BCUT2D eigenvalue weighted by atomic mass is 9.83. The highest BCUT2D eigenvalue weighted by Gasteiger charge is 2.40. The van der Waals surface area contributed by atoms with Crippen LogP contribution in [-0.2, 0) is 6.42 Å². The van der Waals surface area contributed by atoms with Crippen LogP contribution in [0.15, 0.2) is 12.1 Å². The molecule has 3 fully saturated rings. The number of anilines is 2. The van der Waals surface area contributed by atoms with E-state index in [0.29, 0.717) is 18.7 Å². The topological polar surface area (TPSA) is 82.3 Å². The van der Waals surface area contributed by atoms with Gasteiger partial charge in [0, 0.05) is 50.5 Å². The van der Waals surface area contributed by atoms with Crippen LogP contribution in [0.3, 0.4) is 0 Å². The number of nitrogens with zero attached hydrogens (tertiary/aromatic N) is 3. The zero-order valence-electron chi connectivity index (χ0n) is 20.1. The minimum atomic E-state index is -0.793. The monoisotopic (exact) mass is 444 g/mol. The van der Waals surface area contributed by atoms with E-state index in [0.717, 1.165) is 69.7 Å². The van der Waals surface area contributed by atoms with Gasteiger partial charge in [0.1, 0.15) is 5.75 Å². The van der Waals surface area contributed by atoms with Crippen molar-refractivity contribution >= 4 is 17.5 Å². The number of hydrogen-bond acceptors (Lipinski definition) is 5. The van der Waals surface area contributed by atoms with Crippen LogP contribution < -0.4 is 15.4 Å². The van der Waals surface area contributed by atoms with Crippen molar-refractivity contribution in [2.75, 3.05) is 43.4 Å². The minimum absolute atomic E-state index is 0.0257. The normalized spacial score (nSPS) is 23.4. The lowest BCUT2D eigenvalue weighted by Gasteiger charge is -2.49. The van der Waals surface area contributed by atoms with Crippen molar-refractivity contribution in [2.45, 2.75) is 78.0 Å². The van der Waals surface area contributed by atoms with Gasteiger partial charge >= 0.3 is 6.09 Å². The smallest absolute Gasteiger partial charge is 0.407 e. The molecule has 1 aromatic carbocycles. The summed E-state index contributed by atoms with van der Waals surface area (Å²) >= 11 is 0. The first-order chi connectivity index (χ1) is 15.2. The van der Waals surface area contributed by atoms with E-state index < -0.39 is 6.09 Å². The standard InChI is InChI=1S/C25H40N4O3/c1-5-17-14-20(26)22(32-19-6-7-19)15-21(17)27-10-8-18(9-11-27)28-12-13-29(24(30)31)23(16-28)25(2,3)4/h14-15,18-19,23H,5-13,16,26H2,1-4H3,(H,30,31). The molecule has 1 aromatic rings. The lowest BCUT2D eigenvalue weighted by molar-refractivity contribution is 0.00182. The van der Waals surface area contributed by atoms with E-state index in [4.69, 9.17) is 10.5 Å². The fraction of sp³-hybridized carbons (Fsp3) is 0.720. The molecule has 2 heterocycles. The number of carboxylic acid groups (broad SMARTS) is 1. The van der Waals surface area contributed by atoms with Crippen LogP contribution in [0.1, 0.15) is 58.9 Å². The SMILES string of the molecule is CCc1cc(N)c(OC2CC2)cc1N1CCC(N2CCN(C(=O)O)C(C(C)(C)C)C2)CC1. The Morgan fingerprint density at radius 1 is 1.12 bits per heavy atom. The molecule has 1 unspecified atom stereocenters. The van der Waals surface area contributed by atoms with Gasteiger partial charge in [-0.2, -0.15) is 0 Å². The fourth-order valence-electron chi connectivity index (χ4n) is 5.26. The van der Waals surface area contributed by atoms with Gasteiger partial charge in [0.05, 0.1) is 17.8 Å². The zero-order chi connectivity index (χ0) is 23.0. The predicted octanol–water partition coefficient (Wildman–Crippen LogP) is 4.05. The number of nitrogen functional groups attached to an aromatic ring is 1. The van der Waals surface area contributed by atoms with Crippen LogP contribution in [0.2, 0.25) is 0 Å². The number of carbonyl (C=O) groups is 1. The summed E-state index contributed by atoms with van der Waals surface area (Å²) in [5, 5.41) is 9.66. The Labute approximate surface area is 192 Å². The number of piperidine rings is 1. The summed E-state index contributed by atoms with van der Waals surface area (Å²) in [6.07, 6.45) is 4.93. The molecule has 2 aliphatic heterocycles. The molecule has 0 radical (unpaired) electrons. The number of ether oxygens (including phenoxy) is 1. The minimum Gasteiger partial charge on any atom is -0.488 e. The lowest BCUT2D eigenvalue weighted by Crippen LogP contribution is -2.62. The number of piperazine rings is 1. The molecule has 0 aromatic heterocycles. The second-order valence-electron chi connectivity index (χ2n) is 10.8. The largest absolute Gasteiger partial charge is 0.488 e. The van der Waals surface area contributed by atoms with E-state index in [2.05, 4.69) is 49.6 Å². The summed E-state index contributed by atoms with van der Waals surface area (Å²) in [5.74, 6) is 0.833. The number of hydrogen-bond donors (Lipinski definition) is 2. The highest BCUT2D eigenvalue weighted by Crippen LogP contribution is 2.38. The molecule has 2 saturated heterocycles. The molecule has 178 valence electrons.